The zero-order valence-corrected chi connectivity index (χ0v) is 17.0. The van der Waals surface area contributed by atoms with Gasteiger partial charge in [-0.05, 0) is 24.6 Å². The van der Waals surface area contributed by atoms with Crippen LogP contribution >= 0.6 is 0 Å². The molecular formula is C21H16F2N6O3. The number of benzene rings is 1. The Balaban J connectivity index is 1.63. The molecule has 0 spiro atoms. The molecule has 3 aromatic heterocycles. The lowest BCUT2D eigenvalue weighted by Crippen LogP contribution is -2.16. The van der Waals surface area contributed by atoms with E-state index < -0.39 is 28.9 Å². The number of nitrogens with one attached hydrogen (secondary N) is 1. The van der Waals surface area contributed by atoms with E-state index in [4.69, 9.17) is 4.42 Å². The van der Waals surface area contributed by atoms with Crippen LogP contribution in [-0.4, -0.2) is 30.6 Å². The quantitative estimate of drug-likeness (QED) is 0.509. The fraction of sp³-hybridized carbons (Fsp3) is 0.143. The number of nitrogens with zero attached hydrogens (tertiary/aromatic N) is 5. The summed E-state index contributed by atoms with van der Waals surface area (Å²) in [6, 6.07) is 4.86. The van der Waals surface area contributed by atoms with Crippen molar-refractivity contribution >= 4 is 11.7 Å². The average molecular weight is 438 g/mol. The molecule has 9 nitrogen and oxygen atoms in total. The number of aryl methyl sites for hydroxylation is 2. The maximum atomic E-state index is 13.8. The Labute approximate surface area is 179 Å². The van der Waals surface area contributed by atoms with Crippen LogP contribution in [0.2, 0.25) is 0 Å². The molecule has 0 atom stereocenters. The summed E-state index contributed by atoms with van der Waals surface area (Å²) in [7, 11) is 1.47. The molecule has 1 aromatic carbocycles. The smallest absolute Gasteiger partial charge is 0.388 e. The zero-order chi connectivity index (χ0) is 22.8. The second kappa shape index (κ2) is 8.46. The number of anilines is 1. The minimum atomic E-state index is -0.983. The molecule has 32 heavy (non-hydrogen) atoms. The van der Waals surface area contributed by atoms with Crippen molar-refractivity contribution in [3.8, 4) is 22.7 Å². The first-order valence-electron chi connectivity index (χ1n) is 9.48. The summed E-state index contributed by atoms with van der Waals surface area (Å²) in [5.41, 5.74) is 1.55. The first-order valence-corrected chi connectivity index (χ1v) is 9.48. The van der Waals surface area contributed by atoms with Gasteiger partial charge in [0.05, 0.1) is 23.7 Å². The van der Waals surface area contributed by atoms with Crippen LogP contribution in [0.5, 0.6) is 0 Å². The highest BCUT2D eigenvalue weighted by Gasteiger charge is 2.18. The Morgan fingerprint density at radius 3 is 2.47 bits per heavy atom. The lowest BCUT2D eigenvalue weighted by atomic mass is 10.1. The minimum Gasteiger partial charge on any atom is -0.388 e. The molecule has 0 aliphatic carbocycles. The van der Waals surface area contributed by atoms with Gasteiger partial charge in [-0.3, -0.25) is 14.8 Å². The van der Waals surface area contributed by atoms with Crippen LogP contribution in [0.25, 0.3) is 22.7 Å². The molecule has 0 saturated heterocycles. The van der Waals surface area contributed by atoms with Crippen molar-refractivity contribution in [2.75, 3.05) is 5.32 Å². The maximum absolute atomic E-state index is 13.8. The number of rotatable bonds is 5. The molecule has 4 aromatic rings. The number of hydrogen-bond acceptors (Lipinski definition) is 7. The van der Waals surface area contributed by atoms with Gasteiger partial charge in [-0.15, -0.1) is 5.10 Å². The van der Waals surface area contributed by atoms with Crippen molar-refractivity contribution in [2.45, 2.75) is 13.3 Å². The number of halogens is 2. The van der Waals surface area contributed by atoms with Gasteiger partial charge in [-0.1, -0.05) is 13.0 Å². The van der Waals surface area contributed by atoms with Crippen molar-refractivity contribution in [1.29, 1.82) is 0 Å². The standard InChI is InChI=1S/C21H16F2N6O3/c1-3-15-12(7-11(8-24-15)20-28-29(2)21(31)32-20)16-9-26-17(10-25-16)27-19(30)18-13(22)5-4-6-14(18)23/h4-10H,3H2,1-2H3,(H,26,27,30). The molecule has 0 saturated carbocycles. The van der Waals surface area contributed by atoms with E-state index in [0.717, 1.165) is 16.8 Å². The summed E-state index contributed by atoms with van der Waals surface area (Å²) in [6.07, 6.45) is 4.79. The monoisotopic (exact) mass is 438 g/mol. The Bertz CT molecular complexity index is 1340. The highest BCUT2D eigenvalue weighted by atomic mass is 19.1. The van der Waals surface area contributed by atoms with Crippen LogP contribution in [0.4, 0.5) is 14.6 Å². The van der Waals surface area contributed by atoms with Crippen molar-refractivity contribution in [1.82, 2.24) is 24.7 Å². The summed E-state index contributed by atoms with van der Waals surface area (Å²) in [5, 5.41) is 6.34. The van der Waals surface area contributed by atoms with E-state index in [-0.39, 0.29) is 11.7 Å². The van der Waals surface area contributed by atoms with Gasteiger partial charge in [0.2, 0.25) is 0 Å². The highest BCUT2D eigenvalue weighted by molar-refractivity contribution is 6.04. The first kappa shape index (κ1) is 21.0. The van der Waals surface area contributed by atoms with Gasteiger partial charge < -0.3 is 9.73 Å². The largest absolute Gasteiger partial charge is 0.437 e. The van der Waals surface area contributed by atoms with Crippen LogP contribution in [0.3, 0.4) is 0 Å². The van der Waals surface area contributed by atoms with Crippen LogP contribution in [0, 0.1) is 11.6 Å². The molecular weight excluding hydrogens is 422 g/mol. The van der Waals surface area contributed by atoms with Crippen LogP contribution < -0.4 is 11.1 Å². The molecule has 0 aliphatic heterocycles. The Morgan fingerprint density at radius 2 is 1.88 bits per heavy atom. The molecule has 3 heterocycles. The molecule has 4 rings (SSSR count). The molecule has 0 radical (unpaired) electrons. The van der Waals surface area contributed by atoms with Gasteiger partial charge in [-0.25, -0.2) is 18.6 Å². The molecule has 1 N–H and O–H groups in total. The fourth-order valence-electron chi connectivity index (χ4n) is 3.00. The van der Waals surface area contributed by atoms with Crippen molar-refractivity contribution in [3.63, 3.8) is 0 Å². The van der Waals surface area contributed by atoms with Crippen molar-refractivity contribution < 1.29 is 18.0 Å². The summed E-state index contributed by atoms with van der Waals surface area (Å²) in [5.74, 6) is -3.43. The third-order valence-electron chi connectivity index (χ3n) is 4.60. The SMILES string of the molecule is CCc1ncc(-c2nn(C)c(=O)o2)cc1-c1cnc(NC(=O)c2c(F)cccc2F)cn1. The summed E-state index contributed by atoms with van der Waals surface area (Å²) < 4.78 is 33.8. The molecule has 11 heteroatoms. The van der Waals surface area contributed by atoms with E-state index in [1.165, 1.54) is 25.5 Å². The zero-order valence-electron chi connectivity index (χ0n) is 17.0. The predicted molar refractivity (Wildman–Crippen MR) is 110 cm³/mol. The lowest BCUT2D eigenvalue weighted by Gasteiger charge is -2.09. The van der Waals surface area contributed by atoms with E-state index in [0.29, 0.717) is 28.9 Å². The van der Waals surface area contributed by atoms with Gasteiger partial charge in [0.1, 0.15) is 17.2 Å². The number of pyridine rings is 1. The molecule has 162 valence electrons. The third kappa shape index (κ3) is 4.00. The lowest BCUT2D eigenvalue weighted by molar-refractivity contribution is 0.101. The number of hydrogen-bond donors (Lipinski definition) is 1. The van der Waals surface area contributed by atoms with Crippen LogP contribution in [0.15, 0.2) is 52.1 Å². The third-order valence-corrected chi connectivity index (χ3v) is 4.60. The van der Waals surface area contributed by atoms with E-state index in [2.05, 4.69) is 25.4 Å². The van der Waals surface area contributed by atoms with E-state index >= 15 is 0 Å². The number of carbonyl (C=O) groups is 1. The molecule has 0 unspecified atom stereocenters. The Kier molecular flexibility index (Phi) is 5.54. The number of carbonyl (C=O) groups excluding carboxylic acids is 1. The number of aromatic nitrogens is 5. The Morgan fingerprint density at radius 1 is 1.12 bits per heavy atom. The van der Waals surface area contributed by atoms with Gasteiger partial charge in [0.25, 0.3) is 11.8 Å². The summed E-state index contributed by atoms with van der Waals surface area (Å²) in [4.78, 5) is 36.6. The van der Waals surface area contributed by atoms with Crippen molar-refractivity contribution in [2.24, 2.45) is 7.05 Å². The molecule has 0 bridgehead atoms. The minimum absolute atomic E-state index is 0.0132. The van der Waals surface area contributed by atoms with Gasteiger partial charge in [0, 0.05) is 24.5 Å². The Hall–Kier alpha value is -4.28. The van der Waals surface area contributed by atoms with Crippen molar-refractivity contribution in [3.05, 3.63) is 76.3 Å². The highest BCUT2D eigenvalue weighted by Crippen LogP contribution is 2.26. The van der Waals surface area contributed by atoms with Crippen LogP contribution in [0.1, 0.15) is 23.0 Å². The fourth-order valence-corrected chi connectivity index (χ4v) is 3.00. The van der Waals surface area contributed by atoms with Gasteiger partial charge >= 0.3 is 5.76 Å². The van der Waals surface area contributed by atoms with Gasteiger partial charge in [-0.2, -0.15) is 4.68 Å². The van der Waals surface area contributed by atoms with E-state index in [9.17, 15) is 18.4 Å². The molecule has 0 aliphatic rings. The normalized spacial score (nSPS) is 10.9. The second-order valence-corrected chi connectivity index (χ2v) is 6.71. The molecule has 0 fully saturated rings. The molecule has 1 amide bonds. The first-order chi connectivity index (χ1) is 15.4. The van der Waals surface area contributed by atoms with E-state index in [1.807, 2.05) is 6.92 Å². The summed E-state index contributed by atoms with van der Waals surface area (Å²) in [6.45, 7) is 1.91. The van der Waals surface area contributed by atoms with E-state index in [1.54, 1.807) is 12.3 Å². The average Bonchev–Trinajstić information content (AvgIpc) is 3.12. The second-order valence-electron chi connectivity index (χ2n) is 6.71. The predicted octanol–water partition coefficient (Wildman–Crippen LogP) is 2.99. The van der Waals surface area contributed by atoms with Gasteiger partial charge in [0.15, 0.2) is 5.82 Å². The maximum Gasteiger partial charge on any atom is 0.437 e. The topological polar surface area (TPSA) is 116 Å². The summed E-state index contributed by atoms with van der Waals surface area (Å²) >= 11 is 0. The number of amides is 1. The van der Waals surface area contributed by atoms with Crippen LogP contribution in [-0.2, 0) is 13.5 Å².